The molecule has 5 rings (SSSR count). The lowest BCUT2D eigenvalue weighted by molar-refractivity contribution is 0.0729. The summed E-state index contributed by atoms with van der Waals surface area (Å²) < 4.78 is 12.0. The molecule has 1 atom stereocenters. The van der Waals surface area contributed by atoms with Crippen LogP contribution in [0.15, 0.2) is 78.9 Å². The number of carbonyl (C=O) groups is 1. The highest BCUT2D eigenvalue weighted by Gasteiger charge is 2.42. The van der Waals surface area contributed by atoms with Gasteiger partial charge in [0.25, 0.3) is 5.91 Å². The number of benzene rings is 3. The van der Waals surface area contributed by atoms with Gasteiger partial charge in [-0.15, -0.1) is 0 Å². The Morgan fingerprint density at radius 3 is 2.39 bits per heavy atom. The first-order valence-electron chi connectivity index (χ1n) is 12.6. The van der Waals surface area contributed by atoms with Crippen molar-refractivity contribution < 1.29 is 14.3 Å². The summed E-state index contributed by atoms with van der Waals surface area (Å²) in [5, 5.41) is 7.61. The molecule has 184 valence electrons. The van der Waals surface area contributed by atoms with E-state index in [1.165, 1.54) is 0 Å². The van der Waals surface area contributed by atoms with Crippen LogP contribution >= 0.6 is 0 Å². The van der Waals surface area contributed by atoms with Crippen molar-refractivity contribution in [2.45, 2.75) is 39.3 Å². The number of rotatable bonds is 10. The molecule has 4 aromatic rings. The van der Waals surface area contributed by atoms with Crippen LogP contribution < -0.4 is 9.47 Å². The van der Waals surface area contributed by atoms with Crippen LogP contribution in [-0.4, -0.2) is 34.2 Å². The van der Waals surface area contributed by atoms with E-state index in [0.717, 1.165) is 46.5 Å². The van der Waals surface area contributed by atoms with E-state index in [4.69, 9.17) is 9.47 Å². The zero-order chi connectivity index (χ0) is 24.9. The molecule has 6 nitrogen and oxygen atoms in total. The topological polar surface area (TPSA) is 67.5 Å². The maximum absolute atomic E-state index is 13.7. The standard InChI is InChI=1S/C30H31N3O3/c1-3-5-18-36-24-17-16-23(19-25(24)35-4-2)29-26-27(22-14-10-7-11-15-22)31-32-28(26)30(34)33(29)20-21-12-8-6-9-13-21/h6-17,19,29H,3-5,18,20H2,1-2H3,(H,31,32). The molecule has 0 fully saturated rings. The van der Waals surface area contributed by atoms with Crippen LogP contribution in [0.5, 0.6) is 11.5 Å². The summed E-state index contributed by atoms with van der Waals surface area (Å²) in [5.41, 5.74) is 5.22. The van der Waals surface area contributed by atoms with E-state index < -0.39 is 0 Å². The predicted octanol–water partition coefficient (Wildman–Crippen LogP) is 6.40. The van der Waals surface area contributed by atoms with Gasteiger partial charge in [0.1, 0.15) is 5.69 Å². The summed E-state index contributed by atoms with van der Waals surface area (Å²) in [7, 11) is 0. The monoisotopic (exact) mass is 481 g/mol. The van der Waals surface area contributed by atoms with Crippen LogP contribution in [0.25, 0.3) is 11.3 Å². The Kier molecular flexibility index (Phi) is 7.03. The predicted molar refractivity (Wildman–Crippen MR) is 140 cm³/mol. The smallest absolute Gasteiger partial charge is 0.273 e. The average molecular weight is 482 g/mol. The fourth-order valence-corrected chi connectivity index (χ4v) is 4.71. The second kappa shape index (κ2) is 10.7. The van der Waals surface area contributed by atoms with Gasteiger partial charge in [-0.25, -0.2) is 0 Å². The first kappa shape index (κ1) is 23.7. The lowest BCUT2D eigenvalue weighted by atomic mass is 9.95. The largest absolute Gasteiger partial charge is 0.490 e. The molecule has 36 heavy (non-hydrogen) atoms. The molecular formula is C30H31N3O3. The molecule has 1 aliphatic heterocycles. The van der Waals surface area contributed by atoms with Gasteiger partial charge < -0.3 is 14.4 Å². The van der Waals surface area contributed by atoms with Gasteiger partial charge in [-0.1, -0.05) is 80.1 Å². The third-order valence-corrected chi connectivity index (χ3v) is 6.45. The molecule has 0 bridgehead atoms. The second-order valence-corrected chi connectivity index (χ2v) is 8.89. The van der Waals surface area contributed by atoms with E-state index in [-0.39, 0.29) is 11.9 Å². The van der Waals surface area contributed by atoms with Crippen LogP contribution in [0.3, 0.4) is 0 Å². The normalized spacial score (nSPS) is 14.7. The number of carbonyl (C=O) groups excluding carboxylic acids is 1. The highest BCUT2D eigenvalue weighted by atomic mass is 16.5. The summed E-state index contributed by atoms with van der Waals surface area (Å²) in [4.78, 5) is 15.6. The number of hydrogen-bond acceptors (Lipinski definition) is 4. The fraction of sp³-hybridized carbons (Fsp3) is 0.267. The lowest BCUT2D eigenvalue weighted by Gasteiger charge is -2.27. The van der Waals surface area contributed by atoms with Crippen molar-refractivity contribution in [3.8, 4) is 22.8 Å². The number of aromatic nitrogens is 2. The Morgan fingerprint density at radius 2 is 1.67 bits per heavy atom. The van der Waals surface area contributed by atoms with Crippen molar-refractivity contribution in [3.63, 3.8) is 0 Å². The molecule has 1 aliphatic rings. The molecular weight excluding hydrogens is 450 g/mol. The van der Waals surface area contributed by atoms with E-state index >= 15 is 0 Å². The molecule has 6 heteroatoms. The minimum atomic E-state index is -0.314. The maximum atomic E-state index is 13.7. The minimum Gasteiger partial charge on any atom is -0.490 e. The SMILES string of the molecule is CCCCOc1ccc(C2c3c(-c4ccccc4)n[nH]c3C(=O)N2Cc2ccccc2)cc1OCC. The Hall–Kier alpha value is -4.06. The zero-order valence-corrected chi connectivity index (χ0v) is 20.7. The molecule has 0 aliphatic carbocycles. The van der Waals surface area contributed by atoms with Gasteiger partial charge in [-0.3, -0.25) is 9.89 Å². The highest BCUT2D eigenvalue weighted by molar-refractivity contribution is 6.00. The van der Waals surface area contributed by atoms with Crippen molar-refractivity contribution in [2.75, 3.05) is 13.2 Å². The molecule has 0 spiro atoms. The molecule has 2 heterocycles. The van der Waals surface area contributed by atoms with Crippen molar-refractivity contribution >= 4 is 5.91 Å². The average Bonchev–Trinajstić information content (AvgIpc) is 3.45. The number of aromatic amines is 1. The van der Waals surface area contributed by atoms with E-state index in [0.29, 0.717) is 31.2 Å². The number of nitrogens with one attached hydrogen (secondary N) is 1. The first-order valence-corrected chi connectivity index (χ1v) is 12.6. The summed E-state index contributed by atoms with van der Waals surface area (Å²) in [6.07, 6.45) is 2.04. The number of ether oxygens (including phenoxy) is 2. The van der Waals surface area contributed by atoms with Crippen LogP contribution in [0.1, 0.15) is 59.9 Å². The Bertz CT molecular complexity index is 1320. The molecule has 1 aromatic heterocycles. The van der Waals surface area contributed by atoms with Crippen LogP contribution in [-0.2, 0) is 6.54 Å². The summed E-state index contributed by atoms with van der Waals surface area (Å²) >= 11 is 0. The number of fused-ring (bicyclic) bond motifs is 1. The van der Waals surface area contributed by atoms with Gasteiger partial charge in [0.2, 0.25) is 0 Å². The van der Waals surface area contributed by atoms with Crippen molar-refractivity contribution in [1.29, 1.82) is 0 Å². The summed E-state index contributed by atoms with van der Waals surface area (Å²) in [6, 6.07) is 25.8. The van der Waals surface area contributed by atoms with Gasteiger partial charge in [0, 0.05) is 17.7 Å². The lowest BCUT2D eigenvalue weighted by Crippen LogP contribution is -2.29. The quantitative estimate of drug-likeness (QED) is 0.266. The number of nitrogens with zero attached hydrogens (tertiary/aromatic N) is 2. The molecule has 1 amide bonds. The zero-order valence-electron chi connectivity index (χ0n) is 20.7. The van der Waals surface area contributed by atoms with Gasteiger partial charge in [0.05, 0.1) is 24.9 Å². The van der Waals surface area contributed by atoms with E-state index in [1.54, 1.807) is 0 Å². The van der Waals surface area contributed by atoms with Crippen LogP contribution in [0.4, 0.5) is 0 Å². The van der Waals surface area contributed by atoms with Gasteiger partial charge in [-0.2, -0.15) is 5.10 Å². The second-order valence-electron chi connectivity index (χ2n) is 8.89. The molecule has 1 unspecified atom stereocenters. The Labute approximate surface area is 211 Å². The van der Waals surface area contributed by atoms with Crippen LogP contribution in [0, 0.1) is 0 Å². The van der Waals surface area contributed by atoms with Crippen molar-refractivity contribution in [2.24, 2.45) is 0 Å². The minimum absolute atomic E-state index is 0.0604. The molecule has 3 aromatic carbocycles. The molecule has 0 saturated carbocycles. The Morgan fingerprint density at radius 1 is 0.917 bits per heavy atom. The first-order chi connectivity index (χ1) is 17.7. The third kappa shape index (κ3) is 4.59. The van der Waals surface area contributed by atoms with Crippen molar-refractivity contribution in [1.82, 2.24) is 15.1 Å². The number of unbranched alkanes of at least 4 members (excludes halogenated alkanes) is 1. The fourth-order valence-electron chi connectivity index (χ4n) is 4.71. The van der Waals surface area contributed by atoms with Gasteiger partial charge >= 0.3 is 0 Å². The molecule has 1 N–H and O–H groups in total. The van der Waals surface area contributed by atoms with E-state index in [1.807, 2.05) is 90.7 Å². The maximum Gasteiger partial charge on any atom is 0.273 e. The van der Waals surface area contributed by atoms with Gasteiger partial charge in [-0.05, 0) is 36.6 Å². The number of hydrogen-bond donors (Lipinski definition) is 1. The van der Waals surface area contributed by atoms with Crippen molar-refractivity contribution in [3.05, 3.63) is 101 Å². The van der Waals surface area contributed by atoms with Gasteiger partial charge in [0.15, 0.2) is 11.5 Å². The third-order valence-electron chi connectivity index (χ3n) is 6.45. The number of H-pyrrole nitrogens is 1. The van der Waals surface area contributed by atoms with E-state index in [2.05, 4.69) is 17.1 Å². The van der Waals surface area contributed by atoms with E-state index in [9.17, 15) is 4.79 Å². The molecule has 0 radical (unpaired) electrons. The summed E-state index contributed by atoms with van der Waals surface area (Å²) in [5.74, 6) is 1.36. The Balaban J connectivity index is 1.60. The number of amides is 1. The highest BCUT2D eigenvalue weighted by Crippen LogP contribution is 2.45. The van der Waals surface area contributed by atoms with Crippen LogP contribution in [0.2, 0.25) is 0 Å². The molecule has 0 saturated heterocycles. The summed E-state index contributed by atoms with van der Waals surface area (Å²) in [6.45, 7) is 5.76.